The third kappa shape index (κ3) is 3.72. The summed E-state index contributed by atoms with van der Waals surface area (Å²) in [4.78, 5) is 0. The predicted octanol–water partition coefficient (Wildman–Crippen LogP) is 4.67. The van der Waals surface area contributed by atoms with Crippen molar-refractivity contribution >= 4 is 27.5 Å². The van der Waals surface area contributed by atoms with Crippen molar-refractivity contribution in [2.45, 2.75) is 39.2 Å². The molecule has 2 rings (SSSR count). The molecule has 3 heteroatoms. The Kier molecular flexibility index (Phi) is 5.11. The average Bonchev–Trinajstić information content (AvgIpc) is 3.15. The molecule has 1 aliphatic rings. The van der Waals surface area contributed by atoms with Gasteiger partial charge in [-0.15, -0.1) is 0 Å². The molecule has 0 amide bonds. The van der Waals surface area contributed by atoms with Gasteiger partial charge in [0.05, 0.1) is 0 Å². The van der Waals surface area contributed by atoms with Crippen LogP contribution < -0.4 is 5.32 Å². The Morgan fingerprint density at radius 1 is 1.44 bits per heavy atom. The normalized spacial score (nSPS) is 18.7. The lowest BCUT2D eigenvalue weighted by Crippen LogP contribution is -2.37. The third-order valence-electron chi connectivity index (χ3n) is 3.92. The summed E-state index contributed by atoms with van der Waals surface area (Å²) >= 11 is 9.77. The number of likely N-dealkylation sites (N-methyl/N-ethyl adjacent to an activating group) is 1. The van der Waals surface area contributed by atoms with Crippen LogP contribution in [0.2, 0.25) is 5.02 Å². The lowest BCUT2D eigenvalue weighted by atomic mass is 9.91. The van der Waals surface area contributed by atoms with Gasteiger partial charge in [-0.05, 0) is 55.3 Å². The van der Waals surface area contributed by atoms with Crippen LogP contribution in [-0.2, 0) is 6.42 Å². The molecule has 2 unspecified atom stereocenters. The van der Waals surface area contributed by atoms with Crippen LogP contribution in [0.5, 0.6) is 0 Å². The minimum Gasteiger partial charge on any atom is -0.314 e. The van der Waals surface area contributed by atoms with Crippen LogP contribution in [0.25, 0.3) is 0 Å². The monoisotopic (exact) mass is 329 g/mol. The Bertz CT molecular complexity index is 403. The van der Waals surface area contributed by atoms with Crippen LogP contribution in [0, 0.1) is 11.8 Å². The van der Waals surface area contributed by atoms with E-state index in [0.717, 1.165) is 34.3 Å². The molecule has 1 N–H and O–H groups in total. The average molecular weight is 331 g/mol. The molecule has 100 valence electrons. The molecule has 1 aromatic carbocycles. The van der Waals surface area contributed by atoms with Gasteiger partial charge in [0.25, 0.3) is 0 Å². The van der Waals surface area contributed by atoms with E-state index >= 15 is 0 Å². The molecule has 0 radical (unpaired) electrons. The lowest BCUT2D eigenvalue weighted by molar-refractivity contribution is 0.344. The second kappa shape index (κ2) is 6.40. The van der Waals surface area contributed by atoms with Gasteiger partial charge >= 0.3 is 0 Å². The van der Waals surface area contributed by atoms with Crippen molar-refractivity contribution in [3.05, 3.63) is 33.3 Å². The summed E-state index contributed by atoms with van der Waals surface area (Å²) in [5.74, 6) is 1.66. The van der Waals surface area contributed by atoms with Gasteiger partial charge in [-0.3, -0.25) is 0 Å². The molecule has 1 aromatic rings. The summed E-state index contributed by atoms with van der Waals surface area (Å²) in [7, 11) is 0. The second-order valence-corrected chi connectivity index (χ2v) is 6.62. The molecular weight excluding hydrogens is 310 g/mol. The molecule has 18 heavy (non-hydrogen) atoms. The van der Waals surface area contributed by atoms with Crippen LogP contribution in [0.3, 0.4) is 0 Å². The van der Waals surface area contributed by atoms with Gasteiger partial charge < -0.3 is 5.32 Å². The molecule has 0 aliphatic heterocycles. The highest BCUT2D eigenvalue weighted by Gasteiger charge is 2.33. The van der Waals surface area contributed by atoms with E-state index in [1.807, 2.05) is 6.07 Å². The van der Waals surface area contributed by atoms with E-state index in [2.05, 4.69) is 47.2 Å². The minimum absolute atomic E-state index is 0.543. The van der Waals surface area contributed by atoms with E-state index in [1.165, 1.54) is 18.4 Å². The first-order valence-electron chi connectivity index (χ1n) is 6.79. The quantitative estimate of drug-likeness (QED) is 0.799. The van der Waals surface area contributed by atoms with Crippen molar-refractivity contribution in [2.24, 2.45) is 11.8 Å². The summed E-state index contributed by atoms with van der Waals surface area (Å²) in [5, 5.41) is 4.49. The van der Waals surface area contributed by atoms with Crippen LogP contribution in [0.1, 0.15) is 32.3 Å². The number of nitrogens with one attached hydrogen (secondary N) is 1. The van der Waals surface area contributed by atoms with Crippen LogP contribution >= 0.6 is 27.5 Å². The predicted molar refractivity (Wildman–Crippen MR) is 82.2 cm³/mol. The van der Waals surface area contributed by atoms with E-state index in [9.17, 15) is 0 Å². The number of rotatable bonds is 6. The molecule has 0 bridgehead atoms. The van der Waals surface area contributed by atoms with Crippen LogP contribution in [-0.4, -0.2) is 12.6 Å². The Morgan fingerprint density at radius 3 is 2.72 bits per heavy atom. The lowest BCUT2D eigenvalue weighted by Gasteiger charge is -2.25. The van der Waals surface area contributed by atoms with Crippen molar-refractivity contribution in [3.63, 3.8) is 0 Å². The largest absolute Gasteiger partial charge is 0.314 e. The second-order valence-electron chi connectivity index (χ2n) is 5.30. The molecule has 0 heterocycles. The molecular formula is C15H21BrClN. The summed E-state index contributed by atoms with van der Waals surface area (Å²) in [6.07, 6.45) is 3.83. The summed E-state index contributed by atoms with van der Waals surface area (Å²) in [5.41, 5.74) is 1.25. The van der Waals surface area contributed by atoms with Gasteiger partial charge in [0.2, 0.25) is 0 Å². The Hall–Kier alpha value is -0.0500. The maximum atomic E-state index is 6.32. The first-order chi connectivity index (χ1) is 8.61. The first kappa shape index (κ1) is 14.4. The number of hydrogen-bond acceptors (Lipinski definition) is 1. The standard InChI is InChI=1S/C15H21BrClN/c1-3-18-15(10(2)11-4-5-11)8-12-6-7-13(16)9-14(12)17/h6-7,9-11,15,18H,3-5,8H2,1-2H3. The zero-order chi connectivity index (χ0) is 13.1. The summed E-state index contributed by atoms with van der Waals surface area (Å²) in [6, 6.07) is 6.74. The van der Waals surface area contributed by atoms with Crippen LogP contribution in [0.15, 0.2) is 22.7 Å². The molecule has 0 spiro atoms. The van der Waals surface area contributed by atoms with E-state index in [1.54, 1.807) is 0 Å². The third-order valence-corrected chi connectivity index (χ3v) is 4.77. The Balaban J connectivity index is 2.07. The Morgan fingerprint density at radius 2 is 2.17 bits per heavy atom. The van der Waals surface area contributed by atoms with Gasteiger partial charge in [0.1, 0.15) is 0 Å². The van der Waals surface area contributed by atoms with E-state index in [0.29, 0.717) is 6.04 Å². The first-order valence-corrected chi connectivity index (χ1v) is 7.96. The fourth-order valence-corrected chi connectivity index (χ4v) is 3.33. The number of hydrogen-bond donors (Lipinski definition) is 1. The molecule has 2 atom stereocenters. The zero-order valence-electron chi connectivity index (χ0n) is 11.0. The molecule has 1 saturated carbocycles. The van der Waals surface area contributed by atoms with Crippen molar-refractivity contribution in [1.29, 1.82) is 0 Å². The molecule has 0 aromatic heterocycles. The summed E-state index contributed by atoms with van der Waals surface area (Å²) < 4.78 is 1.05. The van der Waals surface area contributed by atoms with Crippen molar-refractivity contribution in [2.75, 3.05) is 6.54 Å². The SMILES string of the molecule is CCNC(Cc1ccc(Br)cc1Cl)C(C)C1CC1. The van der Waals surface area contributed by atoms with Crippen LogP contribution in [0.4, 0.5) is 0 Å². The highest BCUT2D eigenvalue weighted by molar-refractivity contribution is 9.10. The fraction of sp³-hybridized carbons (Fsp3) is 0.600. The minimum atomic E-state index is 0.543. The topological polar surface area (TPSA) is 12.0 Å². The Labute approximate surface area is 123 Å². The smallest absolute Gasteiger partial charge is 0.0449 e. The van der Waals surface area contributed by atoms with Gasteiger partial charge in [0, 0.05) is 15.5 Å². The molecule has 1 aliphatic carbocycles. The number of halogens is 2. The van der Waals surface area contributed by atoms with Gasteiger partial charge in [-0.2, -0.15) is 0 Å². The number of benzene rings is 1. The van der Waals surface area contributed by atoms with Gasteiger partial charge in [-0.25, -0.2) is 0 Å². The highest BCUT2D eigenvalue weighted by atomic mass is 79.9. The van der Waals surface area contributed by atoms with E-state index in [-0.39, 0.29) is 0 Å². The van der Waals surface area contributed by atoms with E-state index in [4.69, 9.17) is 11.6 Å². The van der Waals surface area contributed by atoms with Crippen molar-refractivity contribution in [1.82, 2.24) is 5.32 Å². The molecule has 0 saturated heterocycles. The maximum absolute atomic E-state index is 6.32. The highest BCUT2D eigenvalue weighted by Crippen LogP contribution is 2.39. The van der Waals surface area contributed by atoms with E-state index < -0.39 is 0 Å². The van der Waals surface area contributed by atoms with Gasteiger partial charge in [-0.1, -0.05) is 47.4 Å². The van der Waals surface area contributed by atoms with Crippen molar-refractivity contribution in [3.8, 4) is 0 Å². The fourth-order valence-electron chi connectivity index (χ4n) is 2.58. The molecule has 1 fully saturated rings. The zero-order valence-corrected chi connectivity index (χ0v) is 13.4. The van der Waals surface area contributed by atoms with Crippen molar-refractivity contribution < 1.29 is 0 Å². The summed E-state index contributed by atoms with van der Waals surface area (Å²) in [6.45, 7) is 5.57. The van der Waals surface area contributed by atoms with Gasteiger partial charge in [0.15, 0.2) is 0 Å². The maximum Gasteiger partial charge on any atom is 0.0449 e. The molecule has 1 nitrogen and oxygen atoms in total.